The van der Waals surface area contributed by atoms with E-state index >= 15 is 0 Å². The van der Waals surface area contributed by atoms with E-state index in [1.54, 1.807) is 0 Å². The summed E-state index contributed by atoms with van der Waals surface area (Å²) in [6, 6.07) is 0. The zero-order valence-corrected chi connectivity index (χ0v) is 48.7. The van der Waals surface area contributed by atoms with Crippen LogP contribution >= 0.6 is 7.82 Å². The second-order valence-corrected chi connectivity index (χ2v) is 21.7. The summed E-state index contributed by atoms with van der Waals surface area (Å²) >= 11 is 0. The van der Waals surface area contributed by atoms with Gasteiger partial charge < -0.3 is 18.9 Å². The predicted octanol–water partition coefficient (Wildman–Crippen LogP) is 18.4. The van der Waals surface area contributed by atoms with E-state index in [4.69, 9.17) is 18.5 Å². The molecule has 0 aromatic rings. The Hall–Kier alpha value is -3.59. The first kappa shape index (κ1) is 70.4. The largest absolute Gasteiger partial charge is 0.472 e. The number of rotatable bonds is 52. The van der Waals surface area contributed by atoms with E-state index in [0.29, 0.717) is 17.4 Å². The number of unbranched alkanes of at least 4 members (excludes halogenated alkanes) is 18. The van der Waals surface area contributed by atoms with Gasteiger partial charge in [0.2, 0.25) is 0 Å². The fourth-order valence-corrected chi connectivity index (χ4v) is 8.28. The molecule has 0 aliphatic heterocycles. The fourth-order valence-electron chi connectivity index (χ4n) is 7.54. The number of ether oxygens (including phenoxy) is 2. The topological polar surface area (TPSA) is 108 Å². The number of nitrogens with zero attached hydrogens (tertiary/aromatic N) is 1. The van der Waals surface area contributed by atoms with E-state index in [1.165, 1.54) is 64.2 Å². The van der Waals surface area contributed by atoms with E-state index in [1.807, 2.05) is 21.1 Å². The van der Waals surface area contributed by atoms with E-state index in [-0.39, 0.29) is 32.0 Å². The average Bonchev–Trinajstić information content (AvgIpc) is 3.36. The summed E-state index contributed by atoms with van der Waals surface area (Å²) in [4.78, 5) is 35.7. The van der Waals surface area contributed by atoms with Gasteiger partial charge in [-0.15, -0.1) is 0 Å². The van der Waals surface area contributed by atoms with Crippen molar-refractivity contribution in [3.63, 3.8) is 0 Å². The second-order valence-electron chi connectivity index (χ2n) is 20.3. The number of hydrogen-bond acceptors (Lipinski definition) is 7. The minimum Gasteiger partial charge on any atom is -0.462 e. The maximum Gasteiger partial charge on any atom is 0.472 e. The number of hydrogen-bond donors (Lipinski definition) is 1. The normalized spacial score (nSPS) is 14.2. The third kappa shape index (κ3) is 57.7. The minimum atomic E-state index is -4.40. The third-order valence-electron chi connectivity index (χ3n) is 12.0. The van der Waals surface area contributed by atoms with Crippen LogP contribution in [-0.2, 0) is 32.7 Å². The van der Waals surface area contributed by atoms with Crippen molar-refractivity contribution in [1.82, 2.24) is 0 Å². The summed E-state index contributed by atoms with van der Waals surface area (Å²) in [6.45, 7) is 4.18. The Kier molecular flexibility index (Phi) is 51.6. The van der Waals surface area contributed by atoms with Gasteiger partial charge >= 0.3 is 19.8 Å². The van der Waals surface area contributed by atoms with Crippen molar-refractivity contribution in [2.24, 2.45) is 0 Å². The van der Waals surface area contributed by atoms with E-state index in [9.17, 15) is 19.0 Å². The van der Waals surface area contributed by atoms with Crippen LogP contribution in [0, 0.1) is 0 Å². The first-order chi connectivity index (χ1) is 36.0. The Balaban J connectivity index is 4.23. The second kappa shape index (κ2) is 54.2. The zero-order valence-electron chi connectivity index (χ0n) is 47.8. The summed E-state index contributed by atoms with van der Waals surface area (Å²) in [7, 11) is 1.45. The van der Waals surface area contributed by atoms with Gasteiger partial charge in [-0.05, 0) is 103 Å². The lowest BCUT2D eigenvalue weighted by Gasteiger charge is -2.24. The van der Waals surface area contributed by atoms with Gasteiger partial charge in [0, 0.05) is 12.8 Å². The number of phosphoric acid groups is 1. The van der Waals surface area contributed by atoms with E-state index in [2.05, 4.69) is 135 Å². The molecule has 0 spiro atoms. The summed E-state index contributed by atoms with van der Waals surface area (Å²) in [5, 5.41) is 0. The van der Waals surface area contributed by atoms with Crippen molar-refractivity contribution < 1.29 is 42.1 Å². The lowest BCUT2D eigenvalue weighted by Crippen LogP contribution is -2.37. The molecule has 0 aromatic heterocycles. The molecule has 0 amide bonds. The molecule has 0 aliphatic rings. The molecule has 0 rings (SSSR count). The maximum atomic E-state index is 12.8. The van der Waals surface area contributed by atoms with Gasteiger partial charge in [0.05, 0.1) is 27.7 Å². The molecule has 422 valence electrons. The number of carbonyl (C=O) groups is 2. The first-order valence-electron chi connectivity index (χ1n) is 29.3. The molecule has 0 saturated carbocycles. The smallest absolute Gasteiger partial charge is 0.462 e. The van der Waals surface area contributed by atoms with Gasteiger partial charge in [0.1, 0.15) is 19.8 Å². The quantitative estimate of drug-likeness (QED) is 0.0211. The van der Waals surface area contributed by atoms with Gasteiger partial charge in [-0.3, -0.25) is 18.6 Å². The molecule has 0 saturated heterocycles. The SMILES string of the molecule is CC/C=C\C/C=C\C/C=C\C/C=C\C/C=C\C/C=C\CCCCCCCCCCC(=O)OC(COC(=O)CCCCCCCCCCCC/C=C\C/C=C\C/C=C\C/C=C\CC)COP(=O)(O)OCC[N+](C)(C)C. The highest BCUT2D eigenvalue weighted by Gasteiger charge is 2.27. The van der Waals surface area contributed by atoms with Crippen LogP contribution in [0.4, 0.5) is 0 Å². The maximum absolute atomic E-state index is 12.8. The van der Waals surface area contributed by atoms with Crippen LogP contribution in [0.3, 0.4) is 0 Å². The number of quaternary nitrogens is 1. The van der Waals surface area contributed by atoms with Crippen molar-refractivity contribution in [3.8, 4) is 0 Å². The molecular formula is C64H109NO8P+. The molecule has 9 nitrogen and oxygen atoms in total. The Morgan fingerprint density at radius 3 is 1.08 bits per heavy atom. The van der Waals surface area contributed by atoms with Crippen LogP contribution in [0.25, 0.3) is 0 Å². The van der Waals surface area contributed by atoms with E-state index < -0.39 is 26.5 Å². The average molecular weight is 1050 g/mol. The van der Waals surface area contributed by atoms with Crippen molar-refractivity contribution in [1.29, 1.82) is 0 Å². The van der Waals surface area contributed by atoms with Crippen LogP contribution in [-0.4, -0.2) is 74.9 Å². The van der Waals surface area contributed by atoms with Gasteiger partial charge in [-0.2, -0.15) is 0 Å². The molecule has 2 atom stereocenters. The fraction of sp³-hybridized carbons (Fsp3) is 0.656. The van der Waals surface area contributed by atoms with Crippen molar-refractivity contribution >= 4 is 19.8 Å². The molecule has 0 bridgehead atoms. The van der Waals surface area contributed by atoms with Gasteiger partial charge in [-0.1, -0.05) is 225 Å². The molecule has 10 heteroatoms. The van der Waals surface area contributed by atoms with Crippen molar-refractivity contribution in [3.05, 3.63) is 122 Å². The molecule has 0 fully saturated rings. The molecule has 0 aromatic carbocycles. The molecule has 0 radical (unpaired) electrons. The standard InChI is InChI=1S/C64H108NO8P/c1-6-8-10-12-14-16-18-20-22-24-26-28-30-31-32-33-35-37-39-41-43-45-47-49-51-53-55-57-64(67)73-62(61-72-74(68,69)71-59-58-65(3,4)5)60-70-63(66)56-54-52-50-48-46-44-42-40-38-36-34-29-27-25-23-21-19-17-15-13-11-9-7-2/h8-11,14-17,20-23,26-29,31-32,35,37,62H,6-7,12-13,18-19,24-25,30,33-34,36,38-61H2,1-5H3/p+1/b10-8-,11-9-,16-14-,17-15-,22-20-,23-21-,28-26-,29-27-,32-31-,37-35-. The van der Waals surface area contributed by atoms with Crippen molar-refractivity contribution in [2.75, 3.05) is 47.5 Å². The minimum absolute atomic E-state index is 0.0226. The van der Waals surface area contributed by atoms with Crippen LogP contribution in [0.15, 0.2) is 122 Å². The zero-order chi connectivity index (χ0) is 54.2. The molecule has 1 N–H and O–H groups in total. The summed E-state index contributed by atoms with van der Waals surface area (Å²) < 4.78 is 34.6. The van der Waals surface area contributed by atoms with Crippen molar-refractivity contribution in [2.45, 2.75) is 225 Å². The Labute approximate surface area is 454 Å². The highest BCUT2D eigenvalue weighted by atomic mass is 31.2. The number of allylic oxidation sites excluding steroid dienone is 20. The highest BCUT2D eigenvalue weighted by Crippen LogP contribution is 2.43. The molecule has 0 aliphatic carbocycles. The Morgan fingerprint density at radius 1 is 0.419 bits per heavy atom. The lowest BCUT2D eigenvalue weighted by molar-refractivity contribution is -0.870. The van der Waals surface area contributed by atoms with Gasteiger partial charge in [0.15, 0.2) is 6.10 Å². The Morgan fingerprint density at radius 2 is 0.730 bits per heavy atom. The summed E-state index contributed by atoms with van der Waals surface area (Å²) in [5.74, 6) is -0.819. The van der Waals surface area contributed by atoms with Gasteiger partial charge in [0.25, 0.3) is 0 Å². The molecule has 0 heterocycles. The number of likely N-dealkylation sites (N-methyl/N-ethyl adjacent to an activating group) is 1. The first-order valence-corrected chi connectivity index (χ1v) is 30.8. The van der Waals surface area contributed by atoms with Crippen LogP contribution in [0.5, 0.6) is 0 Å². The highest BCUT2D eigenvalue weighted by molar-refractivity contribution is 7.47. The Bertz CT molecular complexity index is 1660. The third-order valence-corrected chi connectivity index (χ3v) is 13.0. The van der Waals surface area contributed by atoms with E-state index in [0.717, 1.165) is 122 Å². The molecule has 2 unspecified atom stereocenters. The monoisotopic (exact) mass is 1050 g/mol. The number of carbonyl (C=O) groups excluding carboxylic acids is 2. The van der Waals surface area contributed by atoms with Crippen LogP contribution < -0.4 is 0 Å². The number of phosphoric ester groups is 1. The van der Waals surface area contributed by atoms with Crippen LogP contribution in [0.1, 0.15) is 219 Å². The predicted molar refractivity (Wildman–Crippen MR) is 316 cm³/mol. The van der Waals surface area contributed by atoms with Gasteiger partial charge in [-0.25, -0.2) is 4.57 Å². The lowest BCUT2D eigenvalue weighted by atomic mass is 10.1. The molecule has 74 heavy (non-hydrogen) atoms. The summed E-state index contributed by atoms with van der Waals surface area (Å²) in [6.07, 6.45) is 76.8. The van der Waals surface area contributed by atoms with Crippen LogP contribution in [0.2, 0.25) is 0 Å². The number of esters is 2. The summed E-state index contributed by atoms with van der Waals surface area (Å²) in [5.41, 5.74) is 0. The molecular weight excluding hydrogens is 942 g/mol.